The van der Waals surface area contributed by atoms with E-state index in [2.05, 4.69) is 10.1 Å². The number of rotatable bonds is 3. The average Bonchev–Trinajstić information content (AvgIpc) is 2.98. The van der Waals surface area contributed by atoms with Crippen molar-refractivity contribution in [3.05, 3.63) is 76.2 Å². The topological polar surface area (TPSA) is 105 Å². The largest absolute Gasteiger partial charge is 0.294 e. The first-order valence-corrected chi connectivity index (χ1v) is 9.75. The molecule has 0 saturated heterocycles. The molecule has 0 atom stereocenters. The summed E-state index contributed by atoms with van der Waals surface area (Å²) in [6, 6.07) is 9.48. The van der Waals surface area contributed by atoms with Crippen LogP contribution in [0, 0.1) is 18.6 Å². The van der Waals surface area contributed by atoms with Crippen LogP contribution < -0.4 is 5.56 Å². The van der Waals surface area contributed by atoms with E-state index in [0.717, 1.165) is 16.6 Å². The zero-order valence-corrected chi connectivity index (χ0v) is 15.7. The molecule has 2 aromatic heterocycles. The van der Waals surface area contributed by atoms with Crippen molar-refractivity contribution in [2.45, 2.75) is 11.8 Å². The van der Waals surface area contributed by atoms with Gasteiger partial charge in [0.15, 0.2) is 5.65 Å². The quantitative estimate of drug-likeness (QED) is 0.498. The lowest BCUT2D eigenvalue weighted by atomic mass is 10.1. The molecule has 0 saturated carbocycles. The van der Waals surface area contributed by atoms with Gasteiger partial charge in [-0.2, -0.15) is 8.42 Å². The van der Waals surface area contributed by atoms with Gasteiger partial charge in [0.05, 0.1) is 10.6 Å². The van der Waals surface area contributed by atoms with Gasteiger partial charge in [0.1, 0.15) is 11.6 Å². The number of aromatic nitrogens is 3. The van der Waals surface area contributed by atoms with Crippen molar-refractivity contribution >= 4 is 15.8 Å². The van der Waals surface area contributed by atoms with Crippen molar-refractivity contribution in [1.29, 1.82) is 0 Å². The highest BCUT2D eigenvalue weighted by molar-refractivity contribution is 7.85. The van der Waals surface area contributed by atoms with Gasteiger partial charge in [-0.1, -0.05) is 12.1 Å². The molecule has 0 amide bonds. The van der Waals surface area contributed by atoms with E-state index in [0.29, 0.717) is 16.8 Å². The molecule has 0 aliphatic rings. The van der Waals surface area contributed by atoms with Crippen LogP contribution in [0.1, 0.15) is 5.69 Å². The molecule has 0 fully saturated rings. The monoisotopic (exact) mass is 417 g/mol. The lowest BCUT2D eigenvalue weighted by Crippen LogP contribution is -2.14. The molecule has 0 unspecified atom stereocenters. The Morgan fingerprint density at radius 2 is 1.76 bits per heavy atom. The Balaban J connectivity index is 1.94. The van der Waals surface area contributed by atoms with Crippen molar-refractivity contribution in [3.8, 4) is 22.4 Å². The molecular formula is C19H13F2N3O4S. The lowest BCUT2D eigenvalue weighted by Gasteiger charge is -2.05. The summed E-state index contributed by atoms with van der Waals surface area (Å²) in [6.45, 7) is 1.63. The van der Waals surface area contributed by atoms with E-state index < -0.39 is 27.3 Å². The molecule has 0 spiro atoms. The molecule has 148 valence electrons. The third-order valence-electron chi connectivity index (χ3n) is 4.45. The first-order valence-electron chi connectivity index (χ1n) is 8.31. The van der Waals surface area contributed by atoms with Crippen LogP contribution in [0.4, 0.5) is 8.78 Å². The Labute approximate surface area is 163 Å². The highest BCUT2D eigenvalue weighted by Gasteiger charge is 2.19. The fraction of sp³-hybridized carbons (Fsp3) is 0.0526. The van der Waals surface area contributed by atoms with E-state index >= 15 is 0 Å². The van der Waals surface area contributed by atoms with Gasteiger partial charge in [0, 0.05) is 34.5 Å². The van der Waals surface area contributed by atoms with Crippen molar-refractivity contribution in [2.75, 3.05) is 0 Å². The third-order valence-corrected chi connectivity index (χ3v) is 5.31. The highest BCUT2D eigenvalue weighted by Crippen LogP contribution is 2.30. The number of fused-ring (bicyclic) bond motifs is 1. The molecule has 10 heteroatoms. The molecule has 0 bridgehead atoms. The maximum atomic E-state index is 14.4. The van der Waals surface area contributed by atoms with E-state index in [9.17, 15) is 22.0 Å². The summed E-state index contributed by atoms with van der Waals surface area (Å²) in [5.41, 5.74) is 1.14. The molecule has 0 radical (unpaired) electrons. The molecule has 2 aromatic carbocycles. The van der Waals surface area contributed by atoms with E-state index in [-0.39, 0.29) is 21.8 Å². The van der Waals surface area contributed by atoms with Crippen LogP contribution in [0.2, 0.25) is 0 Å². The van der Waals surface area contributed by atoms with Crippen LogP contribution in [-0.4, -0.2) is 27.6 Å². The summed E-state index contributed by atoms with van der Waals surface area (Å²) in [5, 5.41) is 2.81. The van der Waals surface area contributed by atoms with Crippen molar-refractivity contribution in [2.24, 2.45) is 0 Å². The summed E-state index contributed by atoms with van der Waals surface area (Å²) in [6.07, 6.45) is 0. The normalized spacial score (nSPS) is 11.9. The highest BCUT2D eigenvalue weighted by atomic mass is 32.2. The maximum absolute atomic E-state index is 14.4. The van der Waals surface area contributed by atoms with E-state index in [4.69, 9.17) is 4.55 Å². The predicted octanol–water partition coefficient (Wildman–Crippen LogP) is 3.19. The lowest BCUT2D eigenvalue weighted by molar-refractivity contribution is 0.483. The number of aromatic amines is 1. The Morgan fingerprint density at radius 3 is 2.38 bits per heavy atom. The van der Waals surface area contributed by atoms with E-state index in [1.807, 2.05) is 0 Å². The molecule has 0 aliphatic carbocycles. The fourth-order valence-corrected chi connectivity index (χ4v) is 3.59. The summed E-state index contributed by atoms with van der Waals surface area (Å²) >= 11 is 0. The summed E-state index contributed by atoms with van der Waals surface area (Å²) in [5.74, 6) is -1.53. The first-order chi connectivity index (χ1) is 13.6. The molecule has 4 rings (SSSR count). The Bertz CT molecular complexity index is 1420. The number of nitrogens with zero attached hydrogens (tertiary/aromatic N) is 2. The molecule has 0 aliphatic heterocycles. The number of hydrogen-bond donors (Lipinski definition) is 2. The second kappa shape index (κ2) is 6.61. The minimum Gasteiger partial charge on any atom is -0.293 e. The Kier molecular flexibility index (Phi) is 4.32. The van der Waals surface area contributed by atoms with Crippen LogP contribution in [0.15, 0.2) is 58.2 Å². The van der Waals surface area contributed by atoms with Gasteiger partial charge in [-0.25, -0.2) is 18.3 Å². The maximum Gasteiger partial charge on any atom is 0.294 e. The minimum atomic E-state index is -4.36. The molecule has 2 N–H and O–H groups in total. The van der Waals surface area contributed by atoms with Crippen LogP contribution >= 0.6 is 0 Å². The van der Waals surface area contributed by atoms with Crippen LogP contribution in [-0.2, 0) is 10.1 Å². The zero-order chi connectivity index (χ0) is 20.9. The number of halogens is 2. The van der Waals surface area contributed by atoms with Gasteiger partial charge in [-0.15, -0.1) is 0 Å². The molecule has 4 aromatic rings. The van der Waals surface area contributed by atoms with Crippen molar-refractivity contribution < 1.29 is 21.8 Å². The number of aryl methyl sites for hydroxylation is 1. The van der Waals surface area contributed by atoms with Gasteiger partial charge in [0.25, 0.3) is 15.7 Å². The summed E-state index contributed by atoms with van der Waals surface area (Å²) in [7, 11) is -4.36. The fourth-order valence-electron chi connectivity index (χ4n) is 3.11. The molecular weight excluding hydrogens is 404 g/mol. The van der Waals surface area contributed by atoms with Gasteiger partial charge in [-0.3, -0.25) is 14.4 Å². The standard InChI is InChI=1S/C19H13F2N3O4S/c1-10-18(14-7-4-12(20)8-15(14)21)19-22-16(9-17(25)24(19)23-10)11-2-5-13(6-3-11)29(26,27)28/h2-9,23H,1H3,(H,26,27,28). The van der Waals surface area contributed by atoms with Gasteiger partial charge >= 0.3 is 0 Å². The minimum absolute atomic E-state index is 0.0772. The molecule has 2 heterocycles. The molecule has 7 nitrogen and oxygen atoms in total. The number of hydrogen-bond acceptors (Lipinski definition) is 4. The third kappa shape index (κ3) is 3.32. The Morgan fingerprint density at radius 1 is 1.07 bits per heavy atom. The van der Waals surface area contributed by atoms with Crippen molar-refractivity contribution in [1.82, 2.24) is 14.6 Å². The van der Waals surface area contributed by atoms with Crippen LogP contribution in [0.5, 0.6) is 0 Å². The van der Waals surface area contributed by atoms with Gasteiger partial charge < -0.3 is 0 Å². The second-order valence-electron chi connectivity index (χ2n) is 6.37. The zero-order valence-electron chi connectivity index (χ0n) is 14.8. The van der Waals surface area contributed by atoms with Gasteiger partial charge in [-0.05, 0) is 31.2 Å². The average molecular weight is 417 g/mol. The van der Waals surface area contributed by atoms with Crippen LogP contribution in [0.25, 0.3) is 28.0 Å². The smallest absolute Gasteiger partial charge is 0.293 e. The summed E-state index contributed by atoms with van der Waals surface area (Å²) in [4.78, 5) is 16.7. The van der Waals surface area contributed by atoms with E-state index in [1.54, 1.807) is 6.92 Å². The first kappa shape index (κ1) is 19.0. The number of benzene rings is 2. The van der Waals surface area contributed by atoms with E-state index in [1.165, 1.54) is 36.4 Å². The SMILES string of the molecule is Cc1[nH]n2c(=O)cc(-c3ccc(S(=O)(=O)O)cc3)nc2c1-c1ccc(F)cc1F. The molecule has 29 heavy (non-hydrogen) atoms. The second-order valence-corrected chi connectivity index (χ2v) is 7.80. The Hall–Kier alpha value is -3.37. The van der Waals surface area contributed by atoms with Crippen molar-refractivity contribution in [3.63, 3.8) is 0 Å². The van der Waals surface area contributed by atoms with Gasteiger partial charge in [0.2, 0.25) is 0 Å². The predicted molar refractivity (Wildman–Crippen MR) is 101 cm³/mol. The van der Waals surface area contributed by atoms with Crippen LogP contribution in [0.3, 0.4) is 0 Å². The number of H-pyrrole nitrogens is 1. The summed E-state index contributed by atoms with van der Waals surface area (Å²) < 4.78 is 60.2. The number of nitrogens with one attached hydrogen (secondary N) is 1.